The predicted octanol–water partition coefficient (Wildman–Crippen LogP) is 3.59. The maximum Gasteiger partial charge on any atom is 0.0924 e. The molecule has 1 aromatic heterocycles. The second kappa shape index (κ2) is 5.28. The van der Waals surface area contributed by atoms with Crippen LogP contribution >= 0.6 is 11.3 Å². The minimum absolute atomic E-state index is 0.364. The van der Waals surface area contributed by atoms with Crippen LogP contribution in [0.5, 0.6) is 0 Å². The van der Waals surface area contributed by atoms with Gasteiger partial charge in [0.15, 0.2) is 0 Å². The van der Waals surface area contributed by atoms with E-state index in [4.69, 9.17) is 0 Å². The first-order chi connectivity index (χ1) is 7.81. The van der Waals surface area contributed by atoms with Gasteiger partial charge >= 0.3 is 0 Å². The van der Waals surface area contributed by atoms with Gasteiger partial charge in [0.05, 0.1) is 6.10 Å². The van der Waals surface area contributed by atoms with Crippen LogP contribution in [0.4, 0.5) is 0 Å². The van der Waals surface area contributed by atoms with Crippen molar-refractivity contribution in [1.82, 2.24) is 0 Å². The summed E-state index contributed by atoms with van der Waals surface area (Å²) in [5, 5.41) is 12.2. The largest absolute Gasteiger partial charge is 0.387 e. The zero-order valence-electron chi connectivity index (χ0n) is 9.39. The molecular weight excluding hydrogens is 216 g/mol. The van der Waals surface area contributed by atoms with Gasteiger partial charge in [-0.05, 0) is 29.0 Å². The maximum atomic E-state index is 10.2. The zero-order chi connectivity index (χ0) is 11.4. The Morgan fingerprint density at radius 1 is 1.19 bits per heavy atom. The Kier molecular flexibility index (Phi) is 3.75. The monoisotopic (exact) mass is 232 g/mol. The van der Waals surface area contributed by atoms with Gasteiger partial charge in [0, 0.05) is 11.3 Å². The highest BCUT2D eigenvalue weighted by Gasteiger charge is 2.13. The van der Waals surface area contributed by atoms with Crippen molar-refractivity contribution in [2.75, 3.05) is 0 Å². The fourth-order valence-electron chi connectivity index (χ4n) is 1.86. The molecule has 1 nitrogen and oxygen atoms in total. The fraction of sp³-hybridized carbons (Fsp3) is 0.286. The van der Waals surface area contributed by atoms with E-state index in [0.29, 0.717) is 6.42 Å². The van der Waals surface area contributed by atoms with Crippen LogP contribution in [-0.2, 0) is 12.8 Å². The summed E-state index contributed by atoms with van der Waals surface area (Å²) in [5.41, 5.74) is 2.46. The predicted molar refractivity (Wildman–Crippen MR) is 68.8 cm³/mol. The number of hydrogen-bond acceptors (Lipinski definition) is 2. The van der Waals surface area contributed by atoms with Crippen LogP contribution in [0.25, 0.3) is 0 Å². The molecular formula is C14H16OS. The van der Waals surface area contributed by atoms with Crippen molar-refractivity contribution in [1.29, 1.82) is 0 Å². The molecule has 0 aliphatic heterocycles. The van der Waals surface area contributed by atoms with Gasteiger partial charge in [-0.1, -0.05) is 37.3 Å². The van der Waals surface area contributed by atoms with E-state index < -0.39 is 0 Å². The lowest BCUT2D eigenvalue weighted by Gasteiger charge is -2.10. The molecule has 0 aliphatic carbocycles. The normalized spacial score (nSPS) is 12.6. The molecule has 1 N–H and O–H groups in total. The van der Waals surface area contributed by atoms with Crippen LogP contribution in [0, 0.1) is 0 Å². The highest BCUT2D eigenvalue weighted by molar-refractivity contribution is 7.10. The number of benzene rings is 1. The van der Waals surface area contributed by atoms with Crippen molar-refractivity contribution in [2.24, 2.45) is 0 Å². The van der Waals surface area contributed by atoms with Crippen molar-refractivity contribution in [3.05, 3.63) is 57.8 Å². The topological polar surface area (TPSA) is 20.2 Å². The molecule has 0 saturated heterocycles. The molecule has 16 heavy (non-hydrogen) atoms. The molecule has 0 fully saturated rings. The van der Waals surface area contributed by atoms with Gasteiger partial charge in [0.1, 0.15) is 0 Å². The van der Waals surface area contributed by atoms with Crippen molar-refractivity contribution in [2.45, 2.75) is 25.9 Å². The van der Waals surface area contributed by atoms with E-state index in [9.17, 15) is 5.11 Å². The quantitative estimate of drug-likeness (QED) is 0.854. The van der Waals surface area contributed by atoms with E-state index in [0.717, 1.165) is 11.3 Å². The average molecular weight is 232 g/mol. The Bertz CT molecular complexity index is 433. The number of aryl methyl sites for hydroxylation is 1. The molecule has 2 heteroatoms. The van der Waals surface area contributed by atoms with Gasteiger partial charge in [0.25, 0.3) is 0 Å². The Labute approximate surface area is 100 Å². The number of aliphatic hydroxyl groups is 1. The molecule has 2 rings (SSSR count). The van der Waals surface area contributed by atoms with Crippen LogP contribution in [0.3, 0.4) is 0 Å². The number of aliphatic hydroxyl groups excluding tert-OH is 1. The molecule has 1 heterocycles. The molecule has 0 bridgehead atoms. The Morgan fingerprint density at radius 2 is 1.94 bits per heavy atom. The molecule has 0 spiro atoms. The van der Waals surface area contributed by atoms with E-state index >= 15 is 0 Å². The van der Waals surface area contributed by atoms with E-state index in [-0.39, 0.29) is 6.10 Å². The molecule has 2 aromatic rings. The lowest BCUT2D eigenvalue weighted by Crippen LogP contribution is -2.01. The van der Waals surface area contributed by atoms with Gasteiger partial charge in [-0.2, -0.15) is 0 Å². The third-order valence-electron chi connectivity index (χ3n) is 2.74. The maximum absolute atomic E-state index is 10.2. The highest BCUT2D eigenvalue weighted by Crippen LogP contribution is 2.27. The summed E-state index contributed by atoms with van der Waals surface area (Å²) in [6.07, 6.45) is 1.33. The summed E-state index contributed by atoms with van der Waals surface area (Å²) in [5.74, 6) is 0. The number of rotatable bonds is 4. The van der Waals surface area contributed by atoms with Crippen molar-refractivity contribution in [3.8, 4) is 0 Å². The van der Waals surface area contributed by atoms with Crippen molar-refractivity contribution in [3.63, 3.8) is 0 Å². The minimum Gasteiger partial charge on any atom is -0.387 e. The third kappa shape index (κ3) is 2.52. The van der Waals surface area contributed by atoms with Gasteiger partial charge in [0.2, 0.25) is 0 Å². The van der Waals surface area contributed by atoms with Crippen LogP contribution in [0.1, 0.15) is 29.0 Å². The van der Waals surface area contributed by atoms with Gasteiger partial charge < -0.3 is 5.11 Å². The highest BCUT2D eigenvalue weighted by atomic mass is 32.1. The molecule has 1 unspecified atom stereocenters. The Morgan fingerprint density at radius 3 is 2.62 bits per heavy atom. The second-order valence-corrected chi connectivity index (χ2v) is 4.82. The lowest BCUT2D eigenvalue weighted by molar-refractivity contribution is 0.181. The SMILES string of the molecule is CCc1ccsc1C(O)Cc1ccccc1. The van der Waals surface area contributed by atoms with E-state index in [1.807, 2.05) is 18.2 Å². The first-order valence-corrected chi connectivity index (χ1v) is 6.47. The van der Waals surface area contributed by atoms with Crippen LogP contribution in [-0.4, -0.2) is 5.11 Å². The molecule has 0 amide bonds. The van der Waals surface area contributed by atoms with Gasteiger partial charge in [-0.25, -0.2) is 0 Å². The van der Waals surface area contributed by atoms with E-state index in [1.165, 1.54) is 11.1 Å². The first-order valence-electron chi connectivity index (χ1n) is 5.59. The molecule has 84 valence electrons. The minimum atomic E-state index is -0.364. The summed E-state index contributed by atoms with van der Waals surface area (Å²) in [6, 6.07) is 12.2. The summed E-state index contributed by atoms with van der Waals surface area (Å²) in [4.78, 5) is 1.12. The average Bonchev–Trinajstić information content (AvgIpc) is 2.78. The number of hydrogen-bond donors (Lipinski definition) is 1. The summed E-state index contributed by atoms with van der Waals surface area (Å²) in [7, 11) is 0. The fourth-order valence-corrected chi connectivity index (χ4v) is 2.85. The van der Waals surface area contributed by atoms with Gasteiger partial charge in [-0.3, -0.25) is 0 Å². The lowest BCUT2D eigenvalue weighted by atomic mass is 10.0. The first kappa shape index (κ1) is 11.4. The standard InChI is InChI=1S/C14H16OS/c1-2-12-8-9-16-14(12)13(15)10-11-6-4-3-5-7-11/h3-9,13,15H,2,10H2,1H3. The van der Waals surface area contributed by atoms with Crippen molar-refractivity contribution < 1.29 is 5.11 Å². The molecule has 0 saturated carbocycles. The molecule has 1 aromatic carbocycles. The molecule has 0 aliphatic rings. The summed E-state index contributed by atoms with van der Waals surface area (Å²) < 4.78 is 0. The Balaban J connectivity index is 2.11. The molecule has 1 atom stereocenters. The summed E-state index contributed by atoms with van der Waals surface area (Å²) in [6.45, 7) is 2.13. The van der Waals surface area contributed by atoms with Crippen LogP contribution in [0.2, 0.25) is 0 Å². The van der Waals surface area contributed by atoms with Crippen molar-refractivity contribution >= 4 is 11.3 Å². The van der Waals surface area contributed by atoms with Crippen LogP contribution < -0.4 is 0 Å². The van der Waals surface area contributed by atoms with E-state index in [2.05, 4.69) is 30.5 Å². The smallest absolute Gasteiger partial charge is 0.0924 e. The van der Waals surface area contributed by atoms with Gasteiger partial charge in [-0.15, -0.1) is 11.3 Å². The van der Waals surface area contributed by atoms with E-state index in [1.54, 1.807) is 11.3 Å². The summed E-state index contributed by atoms with van der Waals surface area (Å²) >= 11 is 1.65. The molecule has 0 radical (unpaired) electrons. The zero-order valence-corrected chi connectivity index (χ0v) is 10.2. The Hall–Kier alpha value is -1.12. The number of thiophene rings is 1. The van der Waals surface area contributed by atoms with Crippen LogP contribution in [0.15, 0.2) is 41.8 Å². The second-order valence-electron chi connectivity index (χ2n) is 3.87. The third-order valence-corrected chi connectivity index (χ3v) is 3.80.